The van der Waals surface area contributed by atoms with Gasteiger partial charge in [0.15, 0.2) is 0 Å². The van der Waals surface area contributed by atoms with Crippen molar-refractivity contribution in [2.75, 3.05) is 18.1 Å². The minimum absolute atomic E-state index is 0.253. The predicted molar refractivity (Wildman–Crippen MR) is 104 cm³/mol. The van der Waals surface area contributed by atoms with E-state index in [1.807, 2.05) is 12.1 Å². The summed E-state index contributed by atoms with van der Waals surface area (Å²) in [5, 5.41) is 26.0. The molecule has 2 heterocycles. The molecule has 0 amide bonds. The van der Waals surface area contributed by atoms with Crippen molar-refractivity contribution in [1.29, 1.82) is 0 Å². The third-order valence-electron chi connectivity index (χ3n) is 4.10. The zero-order chi connectivity index (χ0) is 16.5. The molecule has 1 atom stereocenters. The molecule has 0 aliphatic heterocycles. The maximum absolute atomic E-state index is 10.1. The van der Waals surface area contributed by atoms with Crippen molar-refractivity contribution >= 4 is 54.2 Å². The van der Waals surface area contributed by atoms with Crippen LogP contribution in [0, 0.1) is 0 Å². The van der Waals surface area contributed by atoms with Crippen LogP contribution in [0.4, 0.5) is 11.4 Å². The van der Waals surface area contributed by atoms with E-state index in [4.69, 9.17) is 0 Å². The topological polar surface area (TPSA) is 43.7 Å². The quantitative estimate of drug-likeness (QED) is 0.549. The summed E-state index contributed by atoms with van der Waals surface area (Å²) in [5.74, 6) is 0. The minimum atomic E-state index is -0.796. The van der Waals surface area contributed by atoms with Crippen LogP contribution in [0.2, 0.25) is 0 Å². The van der Waals surface area contributed by atoms with E-state index < -0.39 is 6.10 Å². The number of thiophene rings is 2. The van der Waals surface area contributed by atoms with Crippen molar-refractivity contribution in [3.05, 3.63) is 59.3 Å². The summed E-state index contributed by atoms with van der Waals surface area (Å²) < 4.78 is 2.38. The molecule has 0 aliphatic rings. The zero-order valence-electron chi connectivity index (χ0n) is 12.9. The second kappa shape index (κ2) is 6.53. The van der Waals surface area contributed by atoms with Gasteiger partial charge in [-0.25, -0.2) is 0 Å². The van der Waals surface area contributed by atoms with Crippen molar-refractivity contribution in [1.82, 2.24) is 0 Å². The van der Waals surface area contributed by atoms with Crippen LogP contribution < -0.4 is 4.90 Å². The number of benzene rings is 2. The normalized spacial score (nSPS) is 12.8. The number of aliphatic hydroxyl groups is 2. The Kier molecular flexibility index (Phi) is 4.24. The molecular weight excluding hydrogens is 338 g/mol. The average Bonchev–Trinajstić information content (AvgIpc) is 3.27. The Morgan fingerprint density at radius 3 is 1.88 bits per heavy atom. The fourth-order valence-electron chi connectivity index (χ4n) is 2.97. The number of aliphatic hydroxyl groups excluding tert-OH is 2. The van der Waals surface area contributed by atoms with E-state index in [1.54, 1.807) is 22.7 Å². The Labute approximate surface area is 148 Å². The zero-order valence-corrected chi connectivity index (χ0v) is 14.6. The van der Waals surface area contributed by atoms with Crippen LogP contribution in [0.25, 0.3) is 20.2 Å². The van der Waals surface area contributed by atoms with E-state index in [-0.39, 0.29) is 6.61 Å². The third-order valence-corrected chi connectivity index (χ3v) is 6.01. The summed E-state index contributed by atoms with van der Waals surface area (Å²) in [4.78, 5) is 2.12. The van der Waals surface area contributed by atoms with Crippen LogP contribution in [0.1, 0.15) is 0 Å². The maximum atomic E-state index is 10.1. The van der Waals surface area contributed by atoms with Crippen molar-refractivity contribution < 1.29 is 10.2 Å². The van der Waals surface area contributed by atoms with Gasteiger partial charge in [-0.15, -0.1) is 22.7 Å². The maximum Gasteiger partial charge on any atom is 0.0949 e. The van der Waals surface area contributed by atoms with E-state index >= 15 is 0 Å². The van der Waals surface area contributed by atoms with E-state index in [2.05, 4.69) is 52.1 Å². The van der Waals surface area contributed by atoms with Gasteiger partial charge in [0, 0.05) is 0 Å². The van der Waals surface area contributed by atoms with E-state index in [0.717, 1.165) is 11.4 Å². The lowest BCUT2D eigenvalue weighted by Crippen LogP contribution is -2.31. The summed E-state index contributed by atoms with van der Waals surface area (Å²) in [6.45, 7) is 0.0991. The summed E-state index contributed by atoms with van der Waals surface area (Å²) >= 11 is 3.39. The van der Waals surface area contributed by atoms with Crippen LogP contribution in [0.3, 0.4) is 0 Å². The van der Waals surface area contributed by atoms with Crippen LogP contribution in [-0.2, 0) is 0 Å². The Balaban J connectivity index is 1.92. The molecule has 2 aromatic carbocycles. The molecule has 0 saturated carbocycles. The van der Waals surface area contributed by atoms with Crippen LogP contribution in [-0.4, -0.2) is 29.5 Å². The highest BCUT2D eigenvalue weighted by atomic mass is 32.1. The molecule has 1 unspecified atom stereocenters. The Bertz CT molecular complexity index is 901. The van der Waals surface area contributed by atoms with Crippen molar-refractivity contribution in [2.45, 2.75) is 6.10 Å². The molecule has 2 aromatic heterocycles. The van der Waals surface area contributed by atoms with Gasteiger partial charge in [0.05, 0.1) is 40.0 Å². The average molecular weight is 355 g/mol. The van der Waals surface area contributed by atoms with Gasteiger partial charge < -0.3 is 15.1 Å². The standard InChI is InChI=1S/C19H17NO2S2/c21-12-15(22)11-20(16-5-1-3-13-7-9-23-18(13)16)17-6-2-4-14-8-10-24-19(14)17/h1-10,15,21-22H,11-12H2. The monoisotopic (exact) mass is 355 g/mol. The second-order valence-electron chi connectivity index (χ2n) is 5.68. The lowest BCUT2D eigenvalue weighted by Gasteiger charge is -2.28. The Morgan fingerprint density at radius 2 is 1.38 bits per heavy atom. The molecule has 5 heteroatoms. The summed E-state index contributed by atoms with van der Waals surface area (Å²) in [6, 6.07) is 16.6. The Hall–Kier alpha value is -1.92. The van der Waals surface area contributed by atoms with Crippen LogP contribution in [0.15, 0.2) is 59.3 Å². The van der Waals surface area contributed by atoms with Crippen LogP contribution >= 0.6 is 22.7 Å². The molecule has 0 fully saturated rings. The van der Waals surface area contributed by atoms with Gasteiger partial charge in [0.1, 0.15) is 0 Å². The fourth-order valence-corrected chi connectivity index (χ4v) is 4.82. The molecule has 24 heavy (non-hydrogen) atoms. The lowest BCUT2D eigenvalue weighted by atomic mass is 10.1. The van der Waals surface area contributed by atoms with E-state index in [1.165, 1.54) is 20.2 Å². The lowest BCUT2D eigenvalue weighted by molar-refractivity contribution is 0.102. The number of hydrogen-bond donors (Lipinski definition) is 2. The molecular formula is C19H17NO2S2. The van der Waals surface area contributed by atoms with Gasteiger partial charge in [-0.1, -0.05) is 24.3 Å². The first-order chi connectivity index (χ1) is 11.8. The fraction of sp³-hybridized carbons (Fsp3) is 0.158. The molecule has 0 spiro atoms. The highest BCUT2D eigenvalue weighted by Gasteiger charge is 2.19. The van der Waals surface area contributed by atoms with Gasteiger partial charge in [0.25, 0.3) is 0 Å². The predicted octanol–water partition coefficient (Wildman–Crippen LogP) is 4.61. The highest BCUT2D eigenvalue weighted by Crippen LogP contribution is 2.40. The highest BCUT2D eigenvalue weighted by molar-refractivity contribution is 7.18. The second-order valence-corrected chi connectivity index (χ2v) is 7.51. The Morgan fingerprint density at radius 1 is 0.833 bits per heavy atom. The van der Waals surface area contributed by atoms with Gasteiger partial charge in [-0.3, -0.25) is 0 Å². The molecule has 122 valence electrons. The molecule has 0 radical (unpaired) electrons. The SMILES string of the molecule is OCC(O)CN(c1cccc2ccsc12)c1cccc2ccsc12. The van der Waals surface area contributed by atoms with Crippen molar-refractivity contribution in [3.8, 4) is 0 Å². The first-order valence-corrected chi connectivity index (χ1v) is 9.53. The number of fused-ring (bicyclic) bond motifs is 2. The number of nitrogens with zero attached hydrogens (tertiary/aromatic N) is 1. The first kappa shape index (κ1) is 15.6. The third kappa shape index (κ3) is 2.70. The summed E-state index contributed by atoms with van der Waals surface area (Å²) in [6.07, 6.45) is -0.796. The number of rotatable bonds is 5. The number of hydrogen-bond acceptors (Lipinski definition) is 5. The summed E-state index contributed by atoms with van der Waals surface area (Å²) in [5.41, 5.74) is 2.13. The largest absolute Gasteiger partial charge is 0.394 e. The number of anilines is 2. The summed E-state index contributed by atoms with van der Waals surface area (Å²) in [7, 11) is 0. The minimum Gasteiger partial charge on any atom is -0.394 e. The van der Waals surface area contributed by atoms with Crippen molar-refractivity contribution in [2.24, 2.45) is 0 Å². The van der Waals surface area contributed by atoms with Gasteiger partial charge in [-0.2, -0.15) is 0 Å². The van der Waals surface area contributed by atoms with Crippen LogP contribution in [0.5, 0.6) is 0 Å². The molecule has 0 bridgehead atoms. The van der Waals surface area contributed by atoms with Crippen molar-refractivity contribution in [3.63, 3.8) is 0 Å². The first-order valence-electron chi connectivity index (χ1n) is 7.77. The molecule has 0 saturated heterocycles. The van der Waals surface area contributed by atoms with E-state index in [0.29, 0.717) is 6.54 Å². The molecule has 2 N–H and O–H groups in total. The smallest absolute Gasteiger partial charge is 0.0949 e. The molecule has 4 rings (SSSR count). The molecule has 0 aliphatic carbocycles. The molecule has 4 aromatic rings. The van der Waals surface area contributed by atoms with E-state index in [9.17, 15) is 10.2 Å². The van der Waals surface area contributed by atoms with Gasteiger partial charge in [-0.05, 0) is 45.8 Å². The van der Waals surface area contributed by atoms with Gasteiger partial charge in [0.2, 0.25) is 0 Å². The van der Waals surface area contributed by atoms with Gasteiger partial charge >= 0.3 is 0 Å². The molecule has 3 nitrogen and oxygen atoms in total.